The summed E-state index contributed by atoms with van der Waals surface area (Å²) in [5, 5.41) is 0. The van der Waals surface area contributed by atoms with E-state index in [4.69, 9.17) is 8.54 Å². The first-order chi connectivity index (χ1) is 14.1. The van der Waals surface area contributed by atoms with E-state index >= 15 is 0 Å². The molecule has 1 radical (unpaired) electrons. The average Bonchev–Trinajstić information content (AvgIpc) is 2.76. The second kappa shape index (κ2) is 11.3. The van der Waals surface area contributed by atoms with Gasteiger partial charge < -0.3 is 8.54 Å². The Hall–Kier alpha value is -1.99. The van der Waals surface area contributed by atoms with E-state index in [1.165, 1.54) is 16.7 Å². The summed E-state index contributed by atoms with van der Waals surface area (Å²) in [7, 11) is -3.14. The standard InChI is InChI=1S/C25H31O2Si2/c1-29(2,26-22-25-16-10-5-11-17-25)27-28(20-18-23-12-6-3-7-13-23)21-19-24-14-8-4-9-15-24/h3-17H,18-22H2,1-2H3. The van der Waals surface area contributed by atoms with Crippen LogP contribution in [0.3, 0.4) is 0 Å². The Morgan fingerprint density at radius 2 is 1.03 bits per heavy atom. The molecule has 0 saturated carbocycles. The summed E-state index contributed by atoms with van der Waals surface area (Å²) >= 11 is 0. The van der Waals surface area contributed by atoms with Crippen molar-refractivity contribution in [1.82, 2.24) is 0 Å². The van der Waals surface area contributed by atoms with E-state index in [2.05, 4.69) is 98.0 Å². The molecular formula is C25H31O2Si2. The number of benzene rings is 3. The third kappa shape index (κ3) is 8.11. The minimum atomic E-state index is -2.18. The van der Waals surface area contributed by atoms with Crippen LogP contribution in [0.5, 0.6) is 0 Å². The molecule has 0 spiro atoms. The lowest BCUT2D eigenvalue weighted by Crippen LogP contribution is -2.41. The molecule has 0 amide bonds. The van der Waals surface area contributed by atoms with Gasteiger partial charge in [-0.25, -0.2) is 0 Å². The lowest BCUT2D eigenvalue weighted by molar-refractivity contribution is 0.237. The Morgan fingerprint density at radius 3 is 1.48 bits per heavy atom. The van der Waals surface area contributed by atoms with Gasteiger partial charge in [0.15, 0.2) is 0 Å². The van der Waals surface area contributed by atoms with E-state index in [1.54, 1.807) is 0 Å². The fraction of sp³-hybridized carbons (Fsp3) is 0.280. The molecule has 0 aliphatic heterocycles. The molecule has 3 aromatic rings. The maximum atomic E-state index is 6.72. The maximum Gasteiger partial charge on any atom is 0.321 e. The summed E-state index contributed by atoms with van der Waals surface area (Å²) in [6.45, 7) is 5.00. The van der Waals surface area contributed by atoms with E-state index in [-0.39, 0.29) is 0 Å². The highest BCUT2D eigenvalue weighted by Crippen LogP contribution is 2.19. The Kier molecular flexibility index (Phi) is 8.43. The van der Waals surface area contributed by atoms with Crippen LogP contribution in [0.2, 0.25) is 25.2 Å². The topological polar surface area (TPSA) is 18.5 Å². The van der Waals surface area contributed by atoms with Gasteiger partial charge in [-0.1, -0.05) is 91.0 Å². The third-order valence-electron chi connectivity index (χ3n) is 4.89. The van der Waals surface area contributed by atoms with Crippen LogP contribution in [0.15, 0.2) is 91.0 Å². The second-order valence-corrected chi connectivity index (χ2v) is 13.8. The van der Waals surface area contributed by atoms with Gasteiger partial charge in [-0.05, 0) is 54.7 Å². The molecule has 2 nitrogen and oxygen atoms in total. The summed E-state index contributed by atoms with van der Waals surface area (Å²) < 4.78 is 13.0. The lowest BCUT2D eigenvalue weighted by atomic mass is 10.2. The summed E-state index contributed by atoms with van der Waals surface area (Å²) in [5.74, 6) is 0. The van der Waals surface area contributed by atoms with Gasteiger partial charge in [0.1, 0.15) is 0 Å². The van der Waals surface area contributed by atoms with E-state index in [0.29, 0.717) is 6.61 Å². The largest absolute Gasteiger partial charge is 0.436 e. The first-order valence-corrected chi connectivity index (χ1v) is 15.0. The SMILES string of the molecule is C[Si](C)(OCc1ccccc1)O[Si](CCc1ccccc1)CCc1ccccc1. The summed E-state index contributed by atoms with van der Waals surface area (Å²) in [6.07, 6.45) is 2.15. The molecule has 0 aliphatic rings. The van der Waals surface area contributed by atoms with Crippen LogP contribution in [0.4, 0.5) is 0 Å². The molecule has 0 heterocycles. The Bertz CT molecular complexity index is 780. The molecule has 151 valence electrons. The highest BCUT2D eigenvalue weighted by Gasteiger charge is 2.29. The van der Waals surface area contributed by atoms with Gasteiger partial charge in [-0.15, -0.1) is 0 Å². The smallest absolute Gasteiger partial charge is 0.321 e. The van der Waals surface area contributed by atoms with Crippen molar-refractivity contribution in [2.45, 2.75) is 44.6 Å². The van der Waals surface area contributed by atoms with E-state index in [1.807, 2.05) is 6.07 Å². The highest BCUT2D eigenvalue weighted by molar-refractivity contribution is 6.73. The van der Waals surface area contributed by atoms with Gasteiger partial charge in [0.05, 0.1) is 6.61 Å². The van der Waals surface area contributed by atoms with Crippen LogP contribution >= 0.6 is 0 Å². The van der Waals surface area contributed by atoms with Crippen molar-refractivity contribution in [2.24, 2.45) is 0 Å². The molecule has 0 aromatic heterocycles. The quantitative estimate of drug-likeness (QED) is 0.335. The predicted octanol–water partition coefficient (Wildman–Crippen LogP) is 6.40. The van der Waals surface area contributed by atoms with Crippen molar-refractivity contribution in [1.29, 1.82) is 0 Å². The molecule has 0 N–H and O–H groups in total. The lowest BCUT2D eigenvalue weighted by Gasteiger charge is -2.28. The van der Waals surface area contributed by atoms with Gasteiger partial charge in [0.2, 0.25) is 9.04 Å². The van der Waals surface area contributed by atoms with Crippen molar-refractivity contribution < 1.29 is 8.54 Å². The zero-order chi connectivity index (χ0) is 20.4. The molecule has 3 rings (SSSR count). The predicted molar refractivity (Wildman–Crippen MR) is 125 cm³/mol. The van der Waals surface area contributed by atoms with Gasteiger partial charge in [-0.2, -0.15) is 0 Å². The number of hydrogen-bond acceptors (Lipinski definition) is 2. The highest BCUT2D eigenvalue weighted by atomic mass is 28.4. The van der Waals surface area contributed by atoms with E-state index in [0.717, 1.165) is 24.9 Å². The second-order valence-electron chi connectivity index (χ2n) is 7.79. The van der Waals surface area contributed by atoms with Crippen LogP contribution in [0.25, 0.3) is 0 Å². The Labute approximate surface area is 178 Å². The van der Waals surface area contributed by atoms with Crippen LogP contribution in [-0.4, -0.2) is 17.6 Å². The average molecular weight is 420 g/mol. The van der Waals surface area contributed by atoms with Crippen LogP contribution in [0, 0.1) is 0 Å². The van der Waals surface area contributed by atoms with E-state index < -0.39 is 17.6 Å². The van der Waals surface area contributed by atoms with Crippen molar-refractivity contribution in [3.8, 4) is 0 Å². The van der Waals surface area contributed by atoms with Crippen molar-refractivity contribution >= 4 is 17.6 Å². The molecular weight excluding hydrogens is 388 g/mol. The molecule has 0 saturated heterocycles. The molecule has 0 aliphatic carbocycles. The molecule has 29 heavy (non-hydrogen) atoms. The molecule has 0 fully saturated rings. The normalized spacial score (nSPS) is 11.7. The molecule has 3 aromatic carbocycles. The van der Waals surface area contributed by atoms with Crippen LogP contribution < -0.4 is 0 Å². The molecule has 0 unspecified atom stereocenters. The number of hydrogen-bond donors (Lipinski definition) is 0. The minimum absolute atomic E-state index is 0.632. The minimum Gasteiger partial charge on any atom is -0.436 e. The first-order valence-electron chi connectivity index (χ1n) is 10.4. The maximum absolute atomic E-state index is 6.72. The molecule has 4 heteroatoms. The Morgan fingerprint density at radius 1 is 0.621 bits per heavy atom. The van der Waals surface area contributed by atoms with Crippen molar-refractivity contribution in [2.75, 3.05) is 0 Å². The van der Waals surface area contributed by atoms with Gasteiger partial charge >= 0.3 is 8.56 Å². The Balaban J connectivity index is 1.59. The van der Waals surface area contributed by atoms with Crippen molar-refractivity contribution in [3.63, 3.8) is 0 Å². The number of rotatable bonds is 11. The van der Waals surface area contributed by atoms with Gasteiger partial charge in [0.25, 0.3) is 0 Å². The van der Waals surface area contributed by atoms with Gasteiger partial charge in [0, 0.05) is 0 Å². The zero-order valence-electron chi connectivity index (χ0n) is 17.5. The fourth-order valence-corrected chi connectivity index (χ4v) is 9.02. The van der Waals surface area contributed by atoms with Crippen LogP contribution in [-0.2, 0) is 28.0 Å². The molecule has 0 bridgehead atoms. The fourth-order valence-electron chi connectivity index (χ4n) is 3.29. The van der Waals surface area contributed by atoms with Gasteiger partial charge in [-0.3, -0.25) is 0 Å². The summed E-state index contributed by atoms with van der Waals surface area (Å²) in [6, 6.07) is 34.1. The third-order valence-corrected chi connectivity index (χ3v) is 10.5. The van der Waals surface area contributed by atoms with Crippen LogP contribution in [0.1, 0.15) is 16.7 Å². The molecule has 0 atom stereocenters. The summed E-state index contributed by atoms with van der Waals surface area (Å²) in [5.41, 5.74) is 3.99. The summed E-state index contributed by atoms with van der Waals surface area (Å²) in [4.78, 5) is 0. The number of aryl methyl sites for hydroxylation is 2. The first kappa shape index (κ1) is 21.7. The monoisotopic (exact) mass is 419 g/mol. The zero-order valence-corrected chi connectivity index (χ0v) is 19.5. The van der Waals surface area contributed by atoms with Crippen molar-refractivity contribution in [3.05, 3.63) is 108 Å². The van der Waals surface area contributed by atoms with E-state index in [9.17, 15) is 0 Å².